The van der Waals surface area contributed by atoms with Gasteiger partial charge in [-0.1, -0.05) is 0 Å². The minimum absolute atomic E-state index is 0.00431. The summed E-state index contributed by atoms with van der Waals surface area (Å²) in [5.74, 6) is 0. The van der Waals surface area contributed by atoms with Crippen LogP contribution in [0.25, 0.3) is 0 Å². The Morgan fingerprint density at radius 1 is 1.44 bits per heavy atom. The summed E-state index contributed by atoms with van der Waals surface area (Å²) in [6.45, 7) is -0.418. The van der Waals surface area contributed by atoms with Crippen molar-refractivity contribution in [3.63, 3.8) is 0 Å². The zero-order valence-electron chi connectivity index (χ0n) is 4.85. The molecular formula is C4H10F2N2O. The molecule has 3 nitrogen and oxygen atoms in total. The predicted octanol–water partition coefficient (Wildman–Crippen LogP) is -0.882. The topological polar surface area (TPSA) is 58.3 Å². The van der Waals surface area contributed by atoms with Crippen LogP contribution in [0.2, 0.25) is 0 Å². The van der Waals surface area contributed by atoms with Gasteiger partial charge in [0.25, 0.3) is 6.43 Å². The molecule has 0 fully saturated rings. The minimum atomic E-state index is -2.39. The lowest BCUT2D eigenvalue weighted by Gasteiger charge is -2.04. The lowest BCUT2D eigenvalue weighted by Crippen LogP contribution is -2.35. The van der Waals surface area contributed by atoms with E-state index in [9.17, 15) is 8.78 Å². The lowest BCUT2D eigenvalue weighted by atomic mass is 10.5. The molecule has 56 valence electrons. The fraction of sp³-hybridized carbons (Fsp3) is 1.00. The Balaban J connectivity index is 2.91. The van der Waals surface area contributed by atoms with Gasteiger partial charge in [0, 0.05) is 6.54 Å². The first-order valence-corrected chi connectivity index (χ1v) is 2.55. The highest BCUT2D eigenvalue weighted by Gasteiger charge is 2.01. The Morgan fingerprint density at radius 2 is 2.00 bits per heavy atom. The molecule has 0 rings (SSSR count). The highest BCUT2D eigenvalue weighted by molar-refractivity contribution is 4.51. The first-order chi connectivity index (χ1) is 4.13. The molecule has 0 spiro atoms. The Hall–Kier alpha value is -0.260. The van der Waals surface area contributed by atoms with Gasteiger partial charge >= 0.3 is 0 Å². The van der Waals surface area contributed by atoms with Crippen LogP contribution in [0.15, 0.2) is 0 Å². The fourth-order valence-electron chi connectivity index (χ4n) is 0.340. The van der Waals surface area contributed by atoms with Crippen LogP contribution in [-0.2, 0) is 0 Å². The summed E-state index contributed by atoms with van der Waals surface area (Å²) in [4.78, 5) is 0. The molecule has 0 saturated carbocycles. The van der Waals surface area contributed by atoms with E-state index in [1.165, 1.54) is 0 Å². The Morgan fingerprint density at radius 3 is 2.33 bits per heavy atom. The molecule has 0 aromatic heterocycles. The van der Waals surface area contributed by atoms with E-state index in [0.29, 0.717) is 0 Å². The summed E-state index contributed by atoms with van der Waals surface area (Å²) in [5, 5.41) is 10.6. The monoisotopic (exact) mass is 140 g/mol. The molecule has 0 aliphatic rings. The van der Waals surface area contributed by atoms with Crippen molar-refractivity contribution in [3.05, 3.63) is 0 Å². The molecule has 5 heteroatoms. The van der Waals surface area contributed by atoms with Gasteiger partial charge in [-0.15, -0.1) is 0 Å². The molecule has 0 radical (unpaired) electrons. The van der Waals surface area contributed by atoms with Gasteiger partial charge in [-0.25, -0.2) is 8.78 Å². The van der Waals surface area contributed by atoms with Gasteiger partial charge in [-0.3, -0.25) is 0 Å². The number of hydrogen-bond donors (Lipinski definition) is 3. The van der Waals surface area contributed by atoms with E-state index in [2.05, 4.69) is 5.32 Å². The number of nitrogens with two attached hydrogens (primary N) is 1. The van der Waals surface area contributed by atoms with Crippen LogP contribution in [0.1, 0.15) is 0 Å². The van der Waals surface area contributed by atoms with Crippen molar-refractivity contribution >= 4 is 0 Å². The van der Waals surface area contributed by atoms with Gasteiger partial charge in [0.15, 0.2) is 0 Å². The maximum atomic E-state index is 11.3. The molecule has 0 bridgehead atoms. The van der Waals surface area contributed by atoms with E-state index in [1.807, 2.05) is 0 Å². The number of aliphatic hydroxyl groups is 1. The molecule has 0 heterocycles. The Labute approximate surface area is 51.8 Å². The van der Waals surface area contributed by atoms with Crippen molar-refractivity contribution in [1.82, 2.24) is 5.32 Å². The summed E-state index contributed by atoms with van der Waals surface area (Å²) in [7, 11) is 0. The van der Waals surface area contributed by atoms with Crippen LogP contribution < -0.4 is 11.1 Å². The highest BCUT2D eigenvalue weighted by Crippen LogP contribution is 1.86. The second kappa shape index (κ2) is 4.60. The second-order valence-electron chi connectivity index (χ2n) is 1.62. The molecule has 1 unspecified atom stereocenters. The van der Waals surface area contributed by atoms with Gasteiger partial charge in [-0.2, -0.15) is 0 Å². The van der Waals surface area contributed by atoms with Crippen LogP contribution in [0.3, 0.4) is 0 Å². The SMILES string of the molecule is NC(O)CNCC(F)F. The van der Waals surface area contributed by atoms with Crippen molar-refractivity contribution in [3.8, 4) is 0 Å². The summed E-state index contributed by atoms with van der Waals surface area (Å²) < 4.78 is 22.6. The summed E-state index contributed by atoms with van der Waals surface area (Å²) >= 11 is 0. The van der Waals surface area contributed by atoms with Gasteiger partial charge < -0.3 is 16.2 Å². The number of hydrogen-bond acceptors (Lipinski definition) is 3. The number of rotatable bonds is 4. The van der Waals surface area contributed by atoms with E-state index in [-0.39, 0.29) is 6.54 Å². The Kier molecular flexibility index (Phi) is 4.47. The standard InChI is InChI=1S/C4H10F2N2O/c5-3(6)1-8-2-4(7)9/h3-4,8-9H,1-2,7H2. The molecule has 0 aliphatic heterocycles. The van der Waals surface area contributed by atoms with Gasteiger partial charge in [-0.05, 0) is 0 Å². The highest BCUT2D eigenvalue weighted by atomic mass is 19.3. The van der Waals surface area contributed by atoms with Crippen molar-refractivity contribution in [1.29, 1.82) is 0 Å². The van der Waals surface area contributed by atoms with E-state index in [1.54, 1.807) is 0 Å². The van der Waals surface area contributed by atoms with E-state index in [4.69, 9.17) is 10.8 Å². The van der Waals surface area contributed by atoms with Gasteiger partial charge in [0.05, 0.1) is 6.54 Å². The summed E-state index contributed by atoms with van der Waals surface area (Å²) in [6, 6.07) is 0. The van der Waals surface area contributed by atoms with E-state index < -0.39 is 19.2 Å². The van der Waals surface area contributed by atoms with E-state index >= 15 is 0 Å². The second-order valence-corrected chi connectivity index (χ2v) is 1.62. The van der Waals surface area contributed by atoms with E-state index in [0.717, 1.165) is 0 Å². The molecular weight excluding hydrogens is 130 g/mol. The number of halogens is 2. The molecule has 0 aliphatic carbocycles. The van der Waals surface area contributed by atoms with Crippen LogP contribution in [0.4, 0.5) is 8.78 Å². The van der Waals surface area contributed by atoms with Crippen molar-refractivity contribution < 1.29 is 13.9 Å². The molecule has 0 aromatic carbocycles. The number of aliphatic hydroxyl groups excluding tert-OH is 1. The first-order valence-electron chi connectivity index (χ1n) is 2.55. The van der Waals surface area contributed by atoms with Crippen LogP contribution in [0.5, 0.6) is 0 Å². The van der Waals surface area contributed by atoms with Crippen molar-refractivity contribution in [2.45, 2.75) is 12.7 Å². The largest absolute Gasteiger partial charge is 0.377 e. The maximum absolute atomic E-state index is 11.3. The van der Waals surface area contributed by atoms with Crippen LogP contribution >= 0.6 is 0 Å². The molecule has 0 saturated heterocycles. The normalized spacial score (nSPS) is 14.3. The predicted molar refractivity (Wildman–Crippen MR) is 29.1 cm³/mol. The first kappa shape index (κ1) is 8.74. The smallest absolute Gasteiger partial charge is 0.250 e. The molecule has 9 heavy (non-hydrogen) atoms. The number of alkyl halides is 2. The molecule has 1 atom stereocenters. The van der Waals surface area contributed by atoms with Gasteiger partial charge in [0.1, 0.15) is 6.23 Å². The minimum Gasteiger partial charge on any atom is -0.377 e. The average Bonchev–Trinajstić information content (AvgIpc) is 1.63. The van der Waals surface area contributed by atoms with Crippen molar-refractivity contribution in [2.24, 2.45) is 5.73 Å². The fourth-order valence-corrected chi connectivity index (χ4v) is 0.340. The third-order valence-electron chi connectivity index (χ3n) is 0.652. The number of nitrogens with one attached hydrogen (secondary N) is 1. The molecule has 4 N–H and O–H groups in total. The third kappa shape index (κ3) is 7.74. The zero-order chi connectivity index (χ0) is 7.28. The van der Waals surface area contributed by atoms with Crippen LogP contribution in [0, 0.1) is 0 Å². The quantitative estimate of drug-likeness (QED) is 0.444. The average molecular weight is 140 g/mol. The third-order valence-corrected chi connectivity index (χ3v) is 0.652. The van der Waals surface area contributed by atoms with Crippen LogP contribution in [-0.4, -0.2) is 30.8 Å². The maximum Gasteiger partial charge on any atom is 0.250 e. The molecule has 0 amide bonds. The Bertz CT molecular complexity index is 61.6. The van der Waals surface area contributed by atoms with Crippen molar-refractivity contribution in [2.75, 3.05) is 13.1 Å². The summed E-state index contributed by atoms with van der Waals surface area (Å²) in [6.07, 6.45) is -3.44. The zero-order valence-corrected chi connectivity index (χ0v) is 4.85. The lowest BCUT2D eigenvalue weighted by molar-refractivity contribution is 0.131. The molecule has 0 aromatic rings. The van der Waals surface area contributed by atoms with Gasteiger partial charge in [0.2, 0.25) is 0 Å². The summed E-state index contributed by atoms with van der Waals surface area (Å²) in [5.41, 5.74) is 4.83.